The molecular weight excluding hydrogens is 304 g/mol. The lowest BCUT2D eigenvalue weighted by molar-refractivity contribution is 0.176. The Kier molecular flexibility index (Phi) is 5.46. The third kappa shape index (κ3) is 4.34. The fourth-order valence-electron chi connectivity index (χ4n) is 3.10. The highest BCUT2D eigenvalue weighted by Crippen LogP contribution is 2.25. The molecule has 0 spiro atoms. The minimum absolute atomic E-state index is 0.0297. The molecule has 1 atom stereocenters. The summed E-state index contributed by atoms with van der Waals surface area (Å²) in [6.07, 6.45) is 5.04. The first kappa shape index (κ1) is 16.5. The van der Waals surface area contributed by atoms with Gasteiger partial charge in [-0.3, -0.25) is 0 Å². The van der Waals surface area contributed by atoms with Crippen LogP contribution in [0.3, 0.4) is 0 Å². The molecule has 1 aliphatic heterocycles. The van der Waals surface area contributed by atoms with Gasteiger partial charge in [0.05, 0.1) is 0 Å². The van der Waals surface area contributed by atoms with Crippen molar-refractivity contribution in [2.45, 2.75) is 44.6 Å². The summed E-state index contributed by atoms with van der Waals surface area (Å²) in [6, 6.07) is 10.6. The highest BCUT2D eigenvalue weighted by atomic mass is 16.5. The summed E-state index contributed by atoms with van der Waals surface area (Å²) in [4.78, 5) is 18.4. The number of nitrogens with zero attached hydrogens (tertiary/aromatic N) is 3. The SMILES string of the molecule is C[C@@H](CCc1ccccc1)NC(=O)N1CCC(c2ncon2)CC1. The number of aryl methyl sites for hydroxylation is 1. The lowest BCUT2D eigenvalue weighted by Gasteiger charge is -2.31. The first-order valence-electron chi connectivity index (χ1n) is 8.58. The summed E-state index contributed by atoms with van der Waals surface area (Å²) in [5.41, 5.74) is 1.31. The third-order valence-corrected chi connectivity index (χ3v) is 4.60. The van der Waals surface area contributed by atoms with E-state index in [4.69, 9.17) is 4.52 Å². The van der Waals surface area contributed by atoms with Crippen molar-refractivity contribution in [2.75, 3.05) is 13.1 Å². The molecule has 2 heterocycles. The predicted molar refractivity (Wildman–Crippen MR) is 90.6 cm³/mol. The number of piperidine rings is 1. The standard InChI is InChI=1S/C18H24N4O2/c1-14(7-8-15-5-3-2-4-6-15)20-18(23)22-11-9-16(10-12-22)17-19-13-24-21-17/h2-6,13-14,16H,7-12H2,1H3,(H,20,23)/t14-/m0/s1. The van der Waals surface area contributed by atoms with Crippen molar-refractivity contribution in [3.8, 4) is 0 Å². The molecule has 0 bridgehead atoms. The van der Waals surface area contributed by atoms with E-state index >= 15 is 0 Å². The summed E-state index contributed by atoms with van der Waals surface area (Å²) in [5.74, 6) is 1.05. The first-order valence-corrected chi connectivity index (χ1v) is 8.58. The van der Waals surface area contributed by atoms with Gasteiger partial charge < -0.3 is 14.7 Å². The Hall–Kier alpha value is -2.37. The monoisotopic (exact) mass is 328 g/mol. The van der Waals surface area contributed by atoms with E-state index in [9.17, 15) is 4.79 Å². The average molecular weight is 328 g/mol. The van der Waals surface area contributed by atoms with E-state index in [1.165, 1.54) is 12.0 Å². The van der Waals surface area contributed by atoms with Crippen LogP contribution in [0.2, 0.25) is 0 Å². The lowest BCUT2D eigenvalue weighted by Crippen LogP contribution is -2.47. The molecule has 0 radical (unpaired) electrons. The second kappa shape index (κ2) is 7.95. The van der Waals surface area contributed by atoms with E-state index in [2.05, 4.69) is 34.5 Å². The molecule has 6 heteroatoms. The Balaban J connectivity index is 1.40. The van der Waals surface area contributed by atoms with E-state index < -0.39 is 0 Å². The number of hydrogen-bond donors (Lipinski definition) is 1. The summed E-state index contributed by atoms with van der Waals surface area (Å²) >= 11 is 0. The Labute approximate surface area is 142 Å². The van der Waals surface area contributed by atoms with Crippen LogP contribution in [0.5, 0.6) is 0 Å². The molecule has 1 saturated heterocycles. The molecule has 0 saturated carbocycles. The van der Waals surface area contributed by atoms with Crippen LogP contribution in [0.4, 0.5) is 4.79 Å². The predicted octanol–water partition coefficient (Wildman–Crippen LogP) is 2.98. The number of carbonyl (C=O) groups excluding carboxylic acids is 1. The maximum atomic E-state index is 12.4. The molecule has 1 fully saturated rings. The van der Waals surface area contributed by atoms with Gasteiger partial charge in [0.15, 0.2) is 5.82 Å². The molecule has 2 amide bonds. The van der Waals surface area contributed by atoms with Crippen LogP contribution in [0, 0.1) is 0 Å². The van der Waals surface area contributed by atoms with Crippen molar-refractivity contribution in [3.63, 3.8) is 0 Å². The van der Waals surface area contributed by atoms with Gasteiger partial charge in [-0.05, 0) is 38.2 Å². The zero-order chi connectivity index (χ0) is 16.8. The van der Waals surface area contributed by atoms with E-state index in [0.29, 0.717) is 5.92 Å². The highest BCUT2D eigenvalue weighted by Gasteiger charge is 2.26. The molecule has 1 aromatic carbocycles. The third-order valence-electron chi connectivity index (χ3n) is 4.60. The van der Waals surface area contributed by atoms with Crippen molar-refractivity contribution < 1.29 is 9.32 Å². The fourth-order valence-corrected chi connectivity index (χ4v) is 3.10. The molecule has 0 aliphatic carbocycles. The van der Waals surface area contributed by atoms with Gasteiger partial charge in [0.2, 0.25) is 6.39 Å². The molecule has 1 aromatic heterocycles. The van der Waals surface area contributed by atoms with Gasteiger partial charge in [0.25, 0.3) is 0 Å². The Morgan fingerprint density at radius 3 is 2.75 bits per heavy atom. The minimum Gasteiger partial charge on any atom is -0.343 e. The molecule has 1 N–H and O–H groups in total. The normalized spacial score (nSPS) is 16.8. The van der Waals surface area contributed by atoms with Crippen LogP contribution < -0.4 is 5.32 Å². The van der Waals surface area contributed by atoms with E-state index in [0.717, 1.165) is 44.6 Å². The Morgan fingerprint density at radius 1 is 1.33 bits per heavy atom. The van der Waals surface area contributed by atoms with Crippen molar-refractivity contribution >= 4 is 6.03 Å². The second-order valence-electron chi connectivity index (χ2n) is 6.43. The Bertz CT molecular complexity index is 622. The van der Waals surface area contributed by atoms with Gasteiger partial charge in [-0.15, -0.1) is 0 Å². The largest absolute Gasteiger partial charge is 0.343 e. The number of amides is 2. The molecule has 3 rings (SSSR count). The molecule has 128 valence electrons. The molecule has 1 aliphatic rings. The van der Waals surface area contributed by atoms with Crippen LogP contribution in [0.25, 0.3) is 0 Å². The maximum absolute atomic E-state index is 12.4. The van der Waals surface area contributed by atoms with Gasteiger partial charge in [-0.2, -0.15) is 4.98 Å². The van der Waals surface area contributed by atoms with E-state index in [1.807, 2.05) is 23.1 Å². The zero-order valence-electron chi connectivity index (χ0n) is 14.0. The second-order valence-corrected chi connectivity index (χ2v) is 6.43. The van der Waals surface area contributed by atoms with Crippen molar-refractivity contribution in [2.24, 2.45) is 0 Å². The number of urea groups is 1. The topological polar surface area (TPSA) is 71.3 Å². The quantitative estimate of drug-likeness (QED) is 0.916. The van der Waals surface area contributed by atoms with Crippen LogP contribution in [0.1, 0.15) is 43.5 Å². The van der Waals surface area contributed by atoms with Crippen LogP contribution >= 0.6 is 0 Å². The van der Waals surface area contributed by atoms with Crippen molar-refractivity contribution in [1.82, 2.24) is 20.4 Å². The fraction of sp³-hybridized carbons (Fsp3) is 0.500. The van der Waals surface area contributed by atoms with Gasteiger partial charge in [0.1, 0.15) is 0 Å². The highest BCUT2D eigenvalue weighted by molar-refractivity contribution is 5.74. The number of nitrogens with one attached hydrogen (secondary N) is 1. The van der Waals surface area contributed by atoms with Gasteiger partial charge in [0, 0.05) is 25.0 Å². The van der Waals surface area contributed by atoms with Crippen LogP contribution in [-0.2, 0) is 6.42 Å². The number of benzene rings is 1. The van der Waals surface area contributed by atoms with Gasteiger partial charge in [-0.25, -0.2) is 4.79 Å². The summed E-state index contributed by atoms with van der Waals surface area (Å²) in [7, 11) is 0. The van der Waals surface area contributed by atoms with E-state index in [1.54, 1.807) is 0 Å². The van der Waals surface area contributed by atoms with Crippen LogP contribution in [-0.4, -0.2) is 40.2 Å². The minimum atomic E-state index is 0.0297. The van der Waals surface area contributed by atoms with Crippen molar-refractivity contribution in [1.29, 1.82) is 0 Å². The number of likely N-dealkylation sites (tertiary alicyclic amines) is 1. The number of aromatic nitrogens is 2. The molecular formula is C18H24N4O2. The smallest absolute Gasteiger partial charge is 0.317 e. The van der Waals surface area contributed by atoms with Crippen molar-refractivity contribution in [3.05, 3.63) is 48.1 Å². The summed E-state index contributed by atoms with van der Waals surface area (Å²) in [6.45, 7) is 3.53. The molecule has 2 aromatic rings. The Morgan fingerprint density at radius 2 is 2.08 bits per heavy atom. The number of rotatable bonds is 5. The van der Waals surface area contributed by atoms with Crippen LogP contribution in [0.15, 0.2) is 41.2 Å². The zero-order valence-corrected chi connectivity index (χ0v) is 14.0. The molecule has 24 heavy (non-hydrogen) atoms. The van der Waals surface area contributed by atoms with E-state index in [-0.39, 0.29) is 12.1 Å². The summed E-state index contributed by atoms with van der Waals surface area (Å²) < 4.78 is 4.80. The molecule has 0 unspecified atom stereocenters. The molecule has 6 nitrogen and oxygen atoms in total. The van der Waals surface area contributed by atoms with Gasteiger partial charge >= 0.3 is 6.03 Å². The number of hydrogen-bond acceptors (Lipinski definition) is 4. The average Bonchev–Trinajstić information content (AvgIpc) is 3.16. The maximum Gasteiger partial charge on any atom is 0.317 e. The first-order chi connectivity index (χ1) is 11.7. The lowest BCUT2D eigenvalue weighted by atomic mass is 9.96. The summed E-state index contributed by atoms with van der Waals surface area (Å²) in [5, 5.41) is 7.01. The van der Waals surface area contributed by atoms with Gasteiger partial charge in [-0.1, -0.05) is 35.5 Å². The number of carbonyl (C=O) groups is 1.